The molecule has 3 N–H and O–H groups in total. The molecule has 1 unspecified atom stereocenters. The van der Waals surface area contributed by atoms with Crippen LogP contribution in [0.4, 0.5) is 10.1 Å². The Morgan fingerprint density at radius 1 is 1.53 bits per heavy atom. The van der Waals surface area contributed by atoms with Crippen molar-refractivity contribution < 1.29 is 12.8 Å². The molecule has 4 nitrogen and oxygen atoms in total. The van der Waals surface area contributed by atoms with Gasteiger partial charge in [-0.2, -0.15) is 11.8 Å². The van der Waals surface area contributed by atoms with E-state index in [9.17, 15) is 12.8 Å². The van der Waals surface area contributed by atoms with E-state index >= 15 is 0 Å². The molecule has 7 heteroatoms. The largest absolute Gasteiger partial charge is 0.398 e. The molecule has 96 valence electrons. The van der Waals surface area contributed by atoms with Crippen LogP contribution >= 0.6 is 11.8 Å². The average molecular weight is 278 g/mol. The average Bonchev–Trinajstić information content (AvgIpc) is 2.25. The molecule has 0 fully saturated rings. The van der Waals surface area contributed by atoms with Crippen molar-refractivity contribution in [3.8, 4) is 0 Å². The van der Waals surface area contributed by atoms with Gasteiger partial charge < -0.3 is 5.73 Å². The minimum absolute atomic E-state index is 0.0886. The Kier molecular flexibility index (Phi) is 4.79. The molecule has 0 saturated heterocycles. The lowest BCUT2D eigenvalue weighted by molar-refractivity contribution is 0.558. The first-order valence-corrected chi connectivity index (χ1v) is 7.72. The third-order valence-electron chi connectivity index (χ3n) is 2.23. The molecular weight excluding hydrogens is 263 g/mol. The van der Waals surface area contributed by atoms with Crippen molar-refractivity contribution in [1.29, 1.82) is 0 Å². The summed E-state index contributed by atoms with van der Waals surface area (Å²) in [4.78, 5) is -0.478. The number of anilines is 1. The van der Waals surface area contributed by atoms with Crippen LogP contribution in [0.15, 0.2) is 23.1 Å². The summed E-state index contributed by atoms with van der Waals surface area (Å²) in [6.45, 7) is 2.11. The maximum Gasteiger partial charge on any atom is 0.245 e. The fourth-order valence-electron chi connectivity index (χ4n) is 1.19. The topological polar surface area (TPSA) is 72.2 Å². The van der Waals surface area contributed by atoms with Gasteiger partial charge in [0.05, 0.1) is 5.69 Å². The van der Waals surface area contributed by atoms with Gasteiger partial charge in [0.15, 0.2) is 0 Å². The van der Waals surface area contributed by atoms with Crippen LogP contribution in [-0.4, -0.2) is 26.5 Å². The van der Waals surface area contributed by atoms with Gasteiger partial charge in [-0.3, -0.25) is 0 Å². The van der Waals surface area contributed by atoms with Gasteiger partial charge in [-0.25, -0.2) is 17.5 Å². The SMILES string of the molecule is CSC(C)CNS(=O)(=O)c1c(N)cccc1F. The maximum absolute atomic E-state index is 13.4. The molecule has 1 aromatic carbocycles. The zero-order chi connectivity index (χ0) is 13.1. The molecule has 17 heavy (non-hydrogen) atoms. The van der Waals surface area contributed by atoms with E-state index < -0.39 is 20.7 Å². The lowest BCUT2D eigenvalue weighted by Crippen LogP contribution is -2.30. The number of nitrogens with two attached hydrogens (primary N) is 1. The predicted molar refractivity (Wildman–Crippen MR) is 69.0 cm³/mol. The van der Waals surface area contributed by atoms with Crippen molar-refractivity contribution >= 4 is 27.5 Å². The summed E-state index contributed by atoms with van der Waals surface area (Å²) in [7, 11) is -3.89. The summed E-state index contributed by atoms with van der Waals surface area (Å²) < 4.78 is 39.5. The van der Waals surface area contributed by atoms with E-state index in [1.165, 1.54) is 23.9 Å². The summed E-state index contributed by atoms with van der Waals surface area (Å²) in [6.07, 6.45) is 1.87. The fourth-order valence-corrected chi connectivity index (χ4v) is 2.86. The molecule has 0 aliphatic rings. The van der Waals surface area contributed by atoms with Crippen LogP contribution in [0.25, 0.3) is 0 Å². The second-order valence-corrected chi connectivity index (χ2v) is 6.54. The van der Waals surface area contributed by atoms with Crippen LogP contribution < -0.4 is 10.5 Å². The predicted octanol–water partition coefficient (Wildman–Crippen LogP) is 1.44. The summed E-state index contributed by atoms with van der Waals surface area (Å²) in [5.74, 6) is -0.839. The van der Waals surface area contributed by atoms with Crippen molar-refractivity contribution in [3.05, 3.63) is 24.0 Å². The lowest BCUT2D eigenvalue weighted by atomic mass is 10.3. The van der Waals surface area contributed by atoms with Gasteiger partial charge in [0.2, 0.25) is 10.0 Å². The first-order valence-electron chi connectivity index (χ1n) is 4.95. The maximum atomic E-state index is 13.4. The monoisotopic (exact) mass is 278 g/mol. The van der Waals surface area contributed by atoms with E-state index in [0.29, 0.717) is 0 Å². The summed E-state index contributed by atoms with van der Waals surface area (Å²) in [5.41, 5.74) is 5.39. The van der Waals surface area contributed by atoms with Crippen molar-refractivity contribution in [2.24, 2.45) is 0 Å². The third kappa shape index (κ3) is 3.58. The molecule has 0 radical (unpaired) electrons. The molecule has 0 aromatic heterocycles. The Hall–Kier alpha value is -0.790. The van der Waals surface area contributed by atoms with Crippen LogP contribution in [0, 0.1) is 5.82 Å². The minimum atomic E-state index is -3.89. The van der Waals surface area contributed by atoms with Crippen LogP contribution in [0.3, 0.4) is 0 Å². The van der Waals surface area contributed by atoms with Gasteiger partial charge in [-0.15, -0.1) is 0 Å². The van der Waals surface area contributed by atoms with E-state index in [1.54, 1.807) is 0 Å². The highest BCUT2D eigenvalue weighted by Gasteiger charge is 2.22. The molecule has 0 spiro atoms. The highest BCUT2D eigenvalue weighted by molar-refractivity contribution is 7.99. The molecular formula is C10H15FN2O2S2. The number of hydrogen-bond acceptors (Lipinski definition) is 4. The van der Waals surface area contributed by atoms with Gasteiger partial charge in [0.1, 0.15) is 10.7 Å². The first kappa shape index (κ1) is 14.3. The Bertz CT molecular complexity index is 471. The van der Waals surface area contributed by atoms with Crippen LogP contribution in [0.5, 0.6) is 0 Å². The van der Waals surface area contributed by atoms with E-state index in [0.717, 1.165) is 6.07 Å². The molecule has 0 bridgehead atoms. The zero-order valence-corrected chi connectivity index (χ0v) is 11.2. The van der Waals surface area contributed by atoms with E-state index in [4.69, 9.17) is 5.73 Å². The molecule has 0 saturated carbocycles. The van der Waals surface area contributed by atoms with E-state index in [2.05, 4.69) is 4.72 Å². The summed E-state index contributed by atoms with van der Waals surface area (Å²) in [5, 5.41) is 0.109. The molecule has 1 rings (SSSR count). The Morgan fingerprint density at radius 3 is 2.71 bits per heavy atom. The highest BCUT2D eigenvalue weighted by Crippen LogP contribution is 2.21. The van der Waals surface area contributed by atoms with Gasteiger partial charge in [0.25, 0.3) is 0 Å². The summed E-state index contributed by atoms with van der Waals surface area (Å²) in [6, 6.07) is 3.80. The van der Waals surface area contributed by atoms with Gasteiger partial charge in [-0.05, 0) is 18.4 Å². The van der Waals surface area contributed by atoms with Gasteiger partial charge in [-0.1, -0.05) is 13.0 Å². The number of nitrogen functional groups attached to an aromatic ring is 1. The number of halogens is 1. The van der Waals surface area contributed by atoms with Gasteiger partial charge in [0, 0.05) is 11.8 Å². The number of benzene rings is 1. The molecule has 1 aromatic rings. The van der Waals surface area contributed by atoms with Crippen molar-refractivity contribution in [2.45, 2.75) is 17.1 Å². The molecule has 0 heterocycles. The minimum Gasteiger partial charge on any atom is -0.398 e. The fraction of sp³-hybridized carbons (Fsp3) is 0.400. The number of nitrogens with one attached hydrogen (secondary N) is 1. The Morgan fingerprint density at radius 2 is 2.18 bits per heavy atom. The second kappa shape index (κ2) is 5.70. The molecule has 0 aliphatic carbocycles. The van der Waals surface area contributed by atoms with Gasteiger partial charge >= 0.3 is 0 Å². The second-order valence-electron chi connectivity index (χ2n) is 3.56. The Balaban J connectivity index is 2.98. The first-order chi connectivity index (χ1) is 7.88. The number of rotatable bonds is 5. The zero-order valence-electron chi connectivity index (χ0n) is 9.60. The van der Waals surface area contributed by atoms with Crippen molar-refractivity contribution in [3.63, 3.8) is 0 Å². The standard InChI is InChI=1S/C10H15FN2O2S2/c1-7(16-2)6-13-17(14,15)10-8(11)4-3-5-9(10)12/h3-5,7,13H,6,12H2,1-2H3. The molecule has 0 aliphatic heterocycles. The van der Waals surface area contributed by atoms with E-state index in [1.807, 2.05) is 13.2 Å². The smallest absolute Gasteiger partial charge is 0.245 e. The quantitative estimate of drug-likeness (QED) is 0.799. The van der Waals surface area contributed by atoms with Crippen LogP contribution in [0.1, 0.15) is 6.92 Å². The lowest BCUT2D eigenvalue weighted by Gasteiger charge is -2.12. The van der Waals surface area contributed by atoms with Crippen molar-refractivity contribution in [2.75, 3.05) is 18.5 Å². The Labute approximate surface area is 105 Å². The normalized spacial score (nSPS) is 13.6. The van der Waals surface area contributed by atoms with Crippen LogP contribution in [-0.2, 0) is 10.0 Å². The highest BCUT2D eigenvalue weighted by atomic mass is 32.2. The third-order valence-corrected chi connectivity index (χ3v) is 4.72. The molecule has 0 amide bonds. The van der Waals surface area contributed by atoms with Crippen LogP contribution in [0.2, 0.25) is 0 Å². The van der Waals surface area contributed by atoms with E-state index in [-0.39, 0.29) is 17.5 Å². The number of sulfonamides is 1. The number of hydrogen-bond donors (Lipinski definition) is 2. The van der Waals surface area contributed by atoms with Crippen molar-refractivity contribution in [1.82, 2.24) is 4.72 Å². The molecule has 1 atom stereocenters. The number of thioether (sulfide) groups is 1. The summed E-state index contributed by atoms with van der Waals surface area (Å²) >= 11 is 1.52.